The molecule has 1 atom stereocenters. The summed E-state index contributed by atoms with van der Waals surface area (Å²) in [6.07, 6.45) is 3.95. The number of pyridine rings is 1. The normalized spacial score (nSPS) is 17.4. The molecule has 2 aliphatic rings. The highest BCUT2D eigenvalue weighted by Crippen LogP contribution is 2.48. The van der Waals surface area contributed by atoms with Gasteiger partial charge < -0.3 is 20.1 Å². The third-order valence-corrected chi connectivity index (χ3v) is 7.24. The van der Waals surface area contributed by atoms with Gasteiger partial charge in [-0.15, -0.1) is 0 Å². The fourth-order valence-corrected chi connectivity index (χ4v) is 5.33. The number of carbonyl (C=O) groups excluding carboxylic acids is 3. The van der Waals surface area contributed by atoms with Crippen LogP contribution >= 0.6 is 23.2 Å². The van der Waals surface area contributed by atoms with Crippen LogP contribution in [0.5, 0.6) is 0 Å². The third-order valence-electron chi connectivity index (χ3n) is 6.66. The van der Waals surface area contributed by atoms with Gasteiger partial charge in [0.25, 0.3) is 5.91 Å². The van der Waals surface area contributed by atoms with Crippen LogP contribution in [0.15, 0.2) is 47.9 Å². The van der Waals surface area contributed by atoms with Crippen LogP contribution in [-0.4, -0.2) is 48.0 Å². The van der Waals surface area contributed by atoms with Crippen LogP contribution in [-0.2, 0) is 25.5 Å². The Morgan fingerprint density at radius 1 is 1.11 bits per heavy atom. The maximum atomic E-state index is 13.0. The van der Waals surface area contributed by atoms with Crippen molar-refractivity contribution in [3.63, 3.8) is 0 Å². The quantitative estimate of drug-likeness (QED) is 0.461. The molecule has 1 aromatic heterocycles. The zero-order valence-electron chi connectivity index (χ0n) is 20.9. The van der Waals surface area contributed by atoms with E-state index in [0.717, 1.165) is 11.3 Å². The molecular formula is C27H29Cl2N3O5. The highest BCUT2D eigenvalue weighted by atomic mass is 35.5. The van der Waals surface area contributed by atoms with Gasteiger partial charge in [-0.3, -0.25) is 14.6 Å². The zero-order valence-corrected chi connectivity index (χ0v) is 22.4. The lowest BCUT2D eigenvalue weighted by Gasteiger charge is -2.47. The van der Waals surface area contributed by atoms with E-state index in [4.69, 9.17) is 32.7 Å². The molecular weight excluding hydrogens is 517 g/mol. The van der Waals surface area contributed by atoms with Crippen molar-refractivity contribution in [3.8, 4) is 0 Å². The summed E-state index contributed by atoms with van der Waals surface area (Å²) in [7, 11) is 0. The van der Waals surface area contributed by atoms with E-state index in [9.17, 15) is 14.4 Å². The molecule has 2 heterocycles. The predicted octanol–water partition coefficient (Wildman–Crippen LogP) is 4.75. The Morgan fingerprint density at radius 2 is 1.73 bits per heavy atom. The number of allylic oxidation sites excluding steroid dienone is 2. The van der Waals surface area contributed by atoms with E-state index in [0.29, 0.717) is 43.7 Å². The molecule has 2 aromatic rings. The first-order valence-corrected chi connectivity index (χ1v) is 12.9. The first-order chi connectivity index (χ1) is 17.6. The number of halogens is 2. The summed E-state index contributed by atoms with van der Waals surface area (Å²) in [5, 5.41) is 6.43. The van der Waals surface area contributed by atoms with E-state index in [1.165, 1.54) is 12.4 Å². The minimum atomic E-state index is -0.685. The summed E-state index contributed by atoms with van der Waals surface area (Å²) in [4.78, 5) is 42.3. The molecule has 1 aromatic carbocycles. The number of carbonyl (C=O) groups is 3. The summed E-state index contributed by atoms with van der Waals surface area (Å²) in [5.74, 6) is -0.732. The smallest absolute Gasteiger partial charge is 0.329 e. The first kappa shape index (κ1) is 27.1. The number of hydrogen-bond donors (Lipinski definition) is 2. The number of ketones is 1. The number of nitrogens with one attached hydrogen (secondary N) is 2. The lowest BCUT2D eigenvalue weighted by Crippen LogP contribution is -2.55. The number of rotatable bonds is 8. The number of anilines is 1. The number of ether oxygens (including phenoxy) is 2. The molecule has 1 spiro atoms. The molecule has 0 bridgehead atoms. The molecule has 0 radical (unpaired) electrons. The molecule has 1 aliphatic carbocycles. The summed E-state index contributed by atoms with van der Waals surface area (Å²) in [6, 6.07) is 6.42. The van der Waals surface area contributed by atoms with Crippen molar-refractivity contribution < 1.29 is 23.9 Å². The molecule has 0 saturated carbocycles. The number of esters is 1. The molecule has 0 unspecified atom stereocenters. The fraction of sp³-hybridized carbons (Fsp3) is 0.407. The van der Waals surface area contributed by atoms with Crippen LogP contribution in [0.2, 0.25) is 10.0 Å². The lowest BCUT2D eigenvalue weighted by atomic mass is 9.62. The number of aromatic nitrogens is 1. The summed E-state index contributed by atoms with van der Waals surface area (Å²) in [6.45, 7) is 6.40. The van der Waals surface area contributed by atoms with Crippen LogP contribution in [0.25, 0.3) is 0 Å². The molecule has 1 aliphatic heterocycles. The Labute approximate surface area is 225 Å². The average molecular weight is 546 g/mol. The Morgan fingerprint density at radius 3 is 2.32 bits per heavy atom. The monoisotopic (exact) mass is 545 g/mol. The Kier molecular flexibility index (Phi) is 8.21. The standard InChI is InChI=1S/C27H29Cl2N3O5/c1-15(2)37-26(35)21(32-23-16(3)24(33)27(23)8-10-36-11-9-27)12-17-4-6-18(7-5-17)31-25(34)22-19(28)13-30-14-20(22)29/h4-7,13-15,21,32H,8-12H2,1-3H3,(H,31,34)/t21-/m0/s1. The van der Waals surface area contributed by atoms with E-state index < -0.39 is 23.3 Å². The van der Waals surface area contributed by atoms with Gasteiger partial charge in [-0.25, -0.2) is 4.79 Å². The van der Waals surface area contributed by atoms with Crippen molar-refractivity contribution in [2.75, 3.05) is 18.5 Å². The van der Waals surface area contributed by atoms with Gasteiger partial charge in [0, 0.05) is 49.0 Å². The number of nitrogens with zero attached hydrogens (tertiary/aromatic N) is 1. The molecule has 37 heavy (non-hydrogen) atoms. The van der Waals surface area contributed by atoms with E-state index in [-0.39, 0.29) is 27.5 Å². The van der Waals surface area contributed by atoms with Crippen molar-refractivity contribution in [3.05, 3.63) is 69.1 Å². The number of Topliss-reactive ketones (excluding diaryl/α,β-unsaturated/α-hetero) is 1. The molecule has 196 valence electrons. The predicted molar refractivity (Wildman–Crippen MR) is 141 cm³/mol. The number of amides is 1. The molecule has 1 amide bonds. The first-order valence-electron chi connectivity index (χ1n) is 12.1. The Hall–Kier alpha value is -2.94. The van der Waals surface area contributed by atoms with Gasteiger partial charge >= 0.3 is 5.97 Å². The fourth-order valence-electron chi connectivity index (χ4n) is 4.79. The lowest BCUT2D eigenvalue weighted by molar-refractivity contribution is -0.150. The van der Waals surface area contributed by atoms with Gasteiger partial charge in [0.2, 0.25) is 0 Å². The molecule has 10 heteroatoms. The minimum absolute atomic E-state index is 0.115. The molecule has 1 saturated heterocycles. The van der Waals surface area contributed by atoms with Crippen molar-refractivity contribution >= 4 is 46.5 Å². The van der Waals surface area contributed by atoms with E-state index in [1.807, 2.05) is 12.1 Å². The number of hydrogen-bond acceptors (Lipinski definition) is 7. The largest absolute Gasteiger partial charge is 0.461 e. The van der Waals surface area contributed by atoms with Crippen molar-refractivity contribution in [1.29, 1.82) is 0 Å². The van der Waals surface area contributed by atoms with Crippen molar-refractivity contribution in [2.24, 2.45) is 5.41 Å². The van der Waals surface area contributed by atoms with Gasteiger partial charge in [-0.1, -0.05) is 35.3 Å². The van der Waals surface area contributed by atoms with Crippen molar-refractivity contribution in [2.45, 2.75) is 52.2 Å². The maximum Gasteiger partial charge on any atom is 0.329 e. The van der Waals surface area contributed by atoms with E-state index in [1.54, 1.807) is 32.9 Å². The second-order valence-electron chi connectivity index (χ2n) is 9.54. The maximum absolute atomic E-state index is 13.0. The minimum Gasteiger partial charge on any atom is -0.461 e. The van der Waals surface area contributed by atoms with E-state index >= 15 is 0 Å². The second kappa shape index (κ2) is 11.2. The van der Waals surface area contributed by atoms with Gasteiger partial charge in [0.1, 0.15) is 6.04 Å². The van der Waals surface area contributed by atoms with Crippen molar-refractivity contribution in [1.82, 2.24) is 10.3 Å². The zero-order chi connectivity index (χ0) is 26.7. The van der Waals surface area contributed by atoms with Crippen LogP contribution < -0.4 is 10.6 Å². The third kappa shape index (κ3) is 5.66. The van der Waals surface area contributed by atoms with Gasteiger partial charge in [0.15, 0.2) is 5.78 Å². The van der Waals surface area contributed by atoms with Crippen LogP contribution in [0.4, 0.5) is 5.69 Å². The summed E-state index contributed by atoms with van der Waals surface area (Å²) in [5.41, 5.74) is 2.38. The van der Waals surface area contributed by atoms with Gasteiger partial charge in [0.05, 0.1) is 27.1 Å². The highest BCUT2D eigenvalue weighted by molar-refractivity contribution is 6.40. The van der Waals surface area contributed by atoms with Crippen LogP contribution in [0, 0.1) is 5.41 Å². The Balaban J connectivity index is 1.50. The molecule has 2 N–H and O–H groups in total. The highest BCUT2D eigenvalue weighted by Gasteiger charge is 2.53. The second-order valence-corrected chi connectivity index (χ2v) is 10.4. The average Bonchev–Trinajstić information content (AvgIpc) is 2.87. The van der Waals surface area contributed by atoms with Gasteiger partial charge in [-0.05, 0) is 51.3 Å². The van der Waals surface area contributed by atoms with E-state index in [2.05, 4.69) is 15.6 Å². The van der Waals surface area contributed by atoms with Gasteiger partial charge in [-0.2, -0.15) is 0 Å². The molecule has 8 nitrogen and oxygen atoms in total. The summed E-state index contributed by atoms with van der Waals surface area (Å²) < 4.78 is 11.0. The molecule has 1 fully saturated rings. The Bertz CT molecular complexity index is 1220. The topological polar surface area (TPSA) is 107 Å². The summed E-state index contributed by atoms with van der Waals surface area (Å²) >= 11 is 12.2. The van der Waals surface area contributed by atoms with Crippen LogP contribution in [0.1, 0.15) is 49.5 Å². The molecule has 4 rings (SSSR count). The number of benzene rings is 1. The SMILES string of the molecule is CC1=C(N[C@@H](Cc2ccc(NC(=O)c3c(Cl)cncc3Cl)cc2)C(=O)OC(C)C)C2(CCOCC2)C1=O. The van der Waals surface area contributed by atoms with Crippen LogP contribution in [0.3, 0.4) is 0 Å².